The van der Waals surface area contributed by atoms with E-state index in [0.717, 1.165) is 19.4 Å². The molecule has 1 saturated heterocycles. The number of oxazole rings is 1. The van der Waals surface area contributed by atoms with Crippen LogP contribution in [0.3, 0.4) is 0 Å². The van der Waals surface area contributed by atoms with Crippen LogP contribution in [0, 0.1) is 6.92 Å². The van der Waals surface area contributed by atoms with Crippen molar-refractivity contribution in [3.05, 3.63) is 17.8 Å². The number of hydrogen-bond donors (Lipinski definition) is 2. The molecule has 7 heteroatoms. The first-order valence-corrected chi connectivity index (χ1v) is 5.61. The van der Waals surface area contributed by atoms with Crippen molar-refractivity contribution in [1.29, 1.82) is 0 Å². The van der Waals surface area contributed by atoms with Crippen LogP contribution in [0.25, 0.3) is 0 Å². The molecule has 0 radical (unpaired) electrons. The fourth-order valence-corrected chi connectivity index (χ4v) is 2.03. The molecule has 1 aromatic heterocycles. The van der Waals surface area contributed by atoms with Crippen LogP contribution >= 0.6 is 24.8 Å². The number of nitrogens with zero attached hydrogens (tertiary/aromatic N) is 1. The van der Waals surface area contributed by atoms with E-state index in [1.807, 2.05) is 0 Å². The second kappa shape index (κ2) is 7.61. The standard InChI is InChI=1S/C11H17N3O2.2ClH/c1-7-5-9(3-4-12-7)14-11(15)10-8(2)13-6-16-10;;/h6-7,9,12H,3-5H2,1-2H3,(H,14,15);2*1H. The van der Waals surface area contributed by atoms with Crippen LogP contribution in [0.5, 0.6) is 0 Å². The maximum absolute atomic E-state index is 11.8. The second-order valence-electron chi connectivity index (χ2n) is 4.32. The fraction of sp³-hybridized carbons (Fsp3) is 0.636. The lowest BCUT2D eigenvalue weighted by Gasteiger charge is -2.28. The summed E-state index contributed by atoms with van der Waals surface area (Å²) >= 11 is 0. The minimum atomic E-state index is -0.158. The minimum absolute atomic E-state index is 0. The molecule has 0 bridgehead atoms. The molecular weight excluding hydrogens is 277 g/mol. The first-order chi connectivity index (χ1) is 7.66. The Morgan fingerprint density at radius 1 is 1.56 bits per heavy atom. The van der Waals surface area contributed by atoms with Crippen molar-refractivity contribution >= 4 is 30.7 Å². The highest BCUT2D eigenvalue weighted by molar-refractivity contribution is 5.92. The Kier molecular flexibility index (Phi) is 7.28. The number of piperidine rings is 1. The van der Waals surface area contributed by atoms with Gasteiger partial charge in [0.1, 0.15) is 0 Å². The molecule has 1 amide bonds. The van der Waals surface area contributed by atoms with Gasteiger partial charge in [0.2, 0.25) is 5.76 Å². The van der Waals surface area contributed by atoms with E-state index < -0.39 is 0 Å². The van der Waals surface area contributed by atoms with Crippen LogP contribution in [-0.2, 0) is 0 Å². The van der Waals surface area contributed by atoms with E-state index in [9.17, 15) is 4.79 Å². The van der Waals surface area contributed by atoms with Gasteiger partial charge in [-0.25, -0.2) is 4.98 Å². The van der Waals surface area contributed by atoms with Crippen molar-refractivity contribution in [3.63, 3.8) is 0 Å². The van der Waals surface area contributed by atoms with Crippen LogP contribution < -0.4 is 10.6 Å². The summed E-state index contributed by atoms with van der Waals surface area (Å²) in [5, 5.41) is 6.32. The predicted molar refractivity (Wildman–Crippen MR) is 73.7 cm³/mol. The van der Waals surface area contributed by atoms with Gasteiger partial charge in [-0.15, -0.1) is 24.8 Å². The number of rotatable bonds is 2. The highest BCUT2D eigenvalue weighted by atomic mass is 35.5. The number of amides is 1. The molecule has 104 valence electrons. The topological polar surface area (TPSA) is 67.2 Å². The lowest BCUT2D eigenvalue weighted by molar-refractivity contribution is 0.0896. The average Bonchev–Trinajstić information content (AvgIpc) is 2.64. The number of hydrogen-bond acceptors (Lipinski definition) is 4. The molecule has 2 heterocycles. The van der Waals surface area contributed by atoms with Gasteiger partial charge >= 0.3 is 0 Å². The van der Waals surface area contributed by atoms with Crippen LogP contribution in [0.2, 0.25) is 0 Å². The van der Waals surface area contributed by atoms with E-state index >= 15 is 0 Å². The molecule has 1 aliphatic heterocycles. The van der Waals surface area contributed by atoms with Gasteiger partial charge in [0, 0.05) is 12.1 Å². The first kappa shape index (κ1) is 17.2. The van der Waals surface area contributed by atoms with Crippen LogP contribution in [0.1, 0.15) is 36.0 Å². The van der Waals surface area contributed by atoms with E-state index in [-0.39, 0.29) is 36.8 Å². The normalized spacial score (nSPS) is 22.6. The fourth-order valence-electron chi connectivity index (χ4n) is 2.03. The zero-order chi connectivity index (χ0) is 11.5. The van der Waals surface area contributed by atoms with E-state index in [1.165, 1.54) is 6.39 Å². The van der Waals surface area contributed by atoms with Crippen molar-refractivity contribution in [2.24, 2.45) is 0 Å². The molecule has 2 N–H and O–H groups in total. The highest BCUT2D eigenvalue weighted by Crippen LogP contribution is 2.10. The molecule has 2 atom stereocenters. The maximum Gasteiger partial charge on any atom is 0.289 e. The van der Waals surface area contributed by atoms with E-state index in [1.54, 1.807) is 6.92 Å². The summed E-state index contributed by atoms with van der Waals surface area (Å²) in [6, 6.07) is 0.683. The summed E-state index contributed by atoms with van der Waals surface area (Å²) in [6.45, 7) is 4.84. The van der Waals surface area contributed by atoms with Crippen molar-refractivity contribution in [1.82, 2.24) is 15.6 Å². The summed E-state index contributed by atoms with van der Waals surface area (Å²) < 4.78 is 5.06. The molecule has 1 aliphatic rings. The molecule has 2 rings (SSSR count). The van der Waals surface area contributed by atoms with Gasteiger partial charge < -0.3 is 15.1 Å². The van der Waals surface area contributed by atoms with Gasteiger partial charge in [-0.3, -0.25) is 4.79 Å². The smallest absolute Gasteiger partial charge is 0.289 e. The molecule has 0 aromatic carbocycles. The molecule has 0 aliphatic carbocycles. The highest BCUT2D eigenvalue weighted by Gasteiger charge is 2.22. The van der Waals surface area contributed by atoms with Gasteiger partial charge in [0.05, 0.1) is 5.69 Å². The van der Waals surface area contributed by atoms with Crippen molar-refractivity contribution < 1.29 is 9.21 Å². The number of halogens is 2. The predicted octanol–water partition coefficient (Wildman–Crippen LogP) is 1.70. The third-order valence-corrected chi connectivity index (χ3v) is 2.91. The number of carbonyl (C=O) groups excluding carboxylic acids is 1. The van der Waals surface area contributed by atoms with Gasteiger partial charge in [-0.2, -0.15) is 0 Å². The summed E-state index contributed by atoms with van der Waals surface area (Å²) in [5.74, 6) is 0.167. The number of carbonyl (C=O) groups is 1. The van der Waals surface area contributed by atoms with Crippen molar-refractivity contribution in [2.45, 2.75) is 38.8 Å². The maximum atomic E-state index is 11.8. The second-order valence-corrected chi connectivity index (χ2v) is 4.32. The monoisotopic (exact) mass is 295 g/mol. The Balaban J connectivity index is 0.00000144. The van der Waals surface area contributed by atoms with Crippen LogP contribution in [-0.4, -0.2) is 29.5 Å². The van der Waals surface area contributed by atoms with Crippen LogP contribution in [0.15, 0.2) is 10.8 Å². The Morgan fingerprint density at radius 3 is 2.83 bits per heavy atom. The SMILES string of the molecule is Cc1ncoc1C(=O)NC1CCNC(C)C1.Cl.Cl. The molecule has 18 heavy (non-hydrogen) atoms. The van der Waals surface area contributed by atoms with Crippen molar-refractivity contribution in [2.75, 3.05) is 6.54 Å². The third kappa shape index (κ3) is 4.15. The number of aromatic nitrogens is 1. The third-order valence-electron chi connectivity index (χ3n) is 2.91. The quantitative estimate of drug-likeness (QED) is 0.871. The van der Waals surface area contributed by atoms with E-state index in [4.69, 9.17) is 4.42 Å². The number of nitrogens with one attached hydrogen (secondary N) is 2. The van der Waals surface area contributed by atoms with Crippen molar-refractivity contribution in [3.8, 4) is 0 Å². The lowest BCUT2D eigenvalue weighted by atomic mass is 10.0. The molecule has 1 aromatic rings. The average molecular weight is 296 g/mol. The van der Waals surface area contributed by atoms with Crippen LogP contribution in [0.4, 0.5) is 0 Å². The Labute approximate surface area is 119 Å². The first-order valence-electron chi connectivity index (χ1n) is 5.61. The minimum Gasteiger partial charge on any atom is -0.438 e. The number of aryl methyl sites for hydroxylation is 1. The Hall–Kier alpha value is -0.780. The van der Waals surface area contributed by atoms with E-state index in [2.05, 4.69) is 22.5 Å². The largest absolute Gasteiger partial charge is 0.438 e. The Bertz CT molecular complexity index is 384. The molecular formula is C11H19Cl2N3O2. The summed E-state index contributed by atoms with van der Waals surface area (Å²) in [5.41, 5.74) is 0.638. The summed E-state index contributed by atoms with van der Waals surface area (Å²) in [4.78, 5) is 15.7. The molecule has 0 saturated carbocycles. The zero-order valence-corrected chi connectivity index (χ0v) is 12.1. The molecule has 5 nitrogen and oxygen atoms in total. The van der Waals surface area contributed by atoms with E-state index in [0.29, 0.717) is 17.5 Å². The zero-order valence-electron chi connectivity index (χ0n) is 10.4. The molecule has 1 fully saturated rings. The molecule has 2 unspecified atom stereocenters. The van der Waals surface area contributed by atoms with Gasteiger partial charge in [-0.05, 0) is 33.2 Å². The van der Waals surface area contributed by atoms with Gasteiger partial charge in [0.25, 0.3) is 5.91 Å². The van der Waals surface area contributed by atoms with Gasteiger partial charge in [0.15, 0.2) is 6.39 Å². The van der Waals surface area contributed by atoms with Gasteiger partial charge in [-0.1, -0.05) is 0 Å². The summed E-state index contributed by atoms with van der Waals surface area (Å²) in [6.07, 6.45) is 3.22. The Morgan fingerprint density at radius 2 is 2.28 bits per heavy atom. The molecule has 0 spiro atoms. The summed E-state index contributed by atoms with van der Waals surface area (Å²) in [7, 11) is 0. The lowest BCUT2D eigenvalue weighted by Crippen LogP contribution is -2.46.